The fraction of sp³-hybridized carbons (Fsp3) is 0.462. The number of hydrogen-bond donors (Lipinski definition) is 3. The number of benzene rings is 1. The molecule has 1 aromatic rings. The first-order chi connectivity index (χ1) is 9.18. The standard InChI is InChI=1S/C13H17N3O3S/c1-13(2)11(6-12(13)17)16-20(18,19)10-4-3-8(7-14)5-9(10)15/h3-5,11-12,16-17H,6,15H2,1-2H3. The molecule has 1 aliphatic carbocycles. The summed E-state index contributed by atoms with van der Waals surface area (Å²) in [6.07, 6.45) is -0.143. The van der Waals surface area contributed by atoms with Gasteiger partial charge in [0.25, 0.3) is 0 Å². The number of nitrogens with zero attached hydrogens (tertiary/aromatic N) is 1. The quantitative estimate of drug-likeness (QED) is 0.705. The molecule has 1 aromatic carbocycles. The van der Waals surface area contributed by atoms with Crippen molar-refractivity contribution >= 4 is 15.7 Å². The van der Waals surface area contributed by atoms with Crippen LogP contribution in [0.3, 0.4) is 0 Å². The molecule has 4 N–H and O–H groups in total. The van der Waals surface area contributed by atoms with Gasteiger partial charge in [-0.3, -0.25) is 0 Å². The van der Waals surface area contributed by atoms with Gasteiger partial charge in [-0.15, -0.1) is 0 Å². The van der Waals surface area contributed by atoms with Crippen molar-refractivity contribution in [2.75, 3.05) is 5.73 Å². The first-order valence-electron chi connectivity index (χ1n) is 6.18. The van der Waals surface area contributed by atoms with Crippen molar-refractivity contribution in [2.45, 2.75) is 37.3 Å². The Morgan fingerprint density at radius 3 is 2.60 bits per heavy atom. The van der Waals surface area contributed by atoms with Gasteiger partial charge in [-0.25, -0.2) is 13.1 Å². The molecule has 1 fully saturated rings. The predicted molar refractivity (Wildman–Crippen MR) is 74.1 cm³/mol. The van der Waals surface area contributed by atoms with Crippen LogP contribution in [0, 0.1) is 16.7 Å². The molecule has 7 heteroatoms. The fourth-order valence-corrected chi connectivity index (χ4v) is 3.73. The fourth-order valence-electron chi connectivity index (χ4n) is 2.22. The number of aliphatic hydroxyl groups excluding tert-OH is 1. The monoisotopic (exact) mass is 295 g/mol. The number of nitrogens with one attached hydrogen (secondary N) is 1. The van der Waals surface area contributed by atoms with Gasteiger partial charge in [-0.2, -0.15) is 5.26 Å². The molecule has 0 spiro atoms. The highest BCUT2D eigenvalue weighted by Crippen LogP contribution is 2.41. The molecule has 0 aromatic heterocycles. The summed E-state index contributed by atoms with van der Waals surface area (Å²) in [6, 6.07) is 5.62. The van der Waals surface area contributed by atoms with Crippen molar-refractivity contribution < 1.29 is 13.5 Å². The largest absolute Gasteiger partial charge is 0.398 e. The van der Waals surface area contributed by atoms with Crippen molar-refractivity contribution in [3.05, 3.63) is 23.8 Å². The minimum atomic E-state index is -3.77. The van der Waals surface area contributed by atoms with Gasteiger partial charge >= 0.3 is 0 Å². The Morgan fingerprint density at radius 2 is 2.15 bits per heavy atom. The Hall–Kier alpha value is -1.62. The van der Waals surface area contributed by atoms with Gasteiger partial charge in [0.1, 0.15) is 4.90 Å². The molecule has 0 radical (unpaired) electrons. The molecule has 0 aliphatic heterocycles. The van der Waals surface area contributed by atoms with Gasteiger partial charge in [0.15, 0.2) is 0 Å². The highest BCUT2D eigenvalue weighted by Gasteiger charge is 2.49. The van der Waals surface area contributed by atoms with Crippen LogP contribution in [0.15, 0.2) is 23.1 Å². The van der Waals surface area contributed by atoms with Gasteiger partial charge in [0, 0.05) is 11.5 Å². The van der Waals surface area contributed by atoms with Crippen molar-refractivity contribution in [1.82, 2.24) is 4.72 Å². The van der Waals surface area contributed by atoms with Crippen molar-refractivity contribution in [3.8, 4) is 6.07 Å². The molecule has 108 valence electrons. The SMILES string of the molecule is CC1(C)C(O)CC1NS(=O)(=O)c1ccc(C#N)cc1N. The number of nitrogen functional groups attached to an aromatic ring is 1. The molecule has 1 saturated carbocycles. The molecule has 0 amide bonds. The second kappa shape index (κ2) is 4.74. The summed E-state index contributed by atoms with van der Waals surface area (Å²) in [4.78, 5) is -0.0475. The van der Waals surface area contributed by atoms with E-state index in [1.807, 2.05) is 6.07 Å². The average molecular weight is 295 g/mol. The number of hydrogen-bond acceptors (Lipinski definition) is 5. The number of anilines is 1. The van der Waals surface area contributed by atoms with Crippen LogP contribution in [0.1, 0.15) is 25.8 Å². The Bertz CT molecular complexity index is 677. The zero-order valence-corrected chi connectivity index (χ0v) is 12.1. The molecule has 2 unspecified atom stereocenters. The lowest BCUT2D eigenvalue weighted by Gasteiger charge is -2.49. The van der Waals surface area contributed by atoms with Gasteiger partial charge in [-0.05, 0) is 24.6 Å². The summed E-state index contributed by atoms with van der Waals surface area (Å²) >= 11 is 0. The maximum atomic E-state index is 12.3. The van der Waals surface area contributed by atoms with E-state index in [9.17, 15) is 13.5 Å². The van der Waals surface area contributed by atoms with E-state index in [2.05, 4.69) is 4.72 Å². The van der Waals surface area contributed by atoms with E-state index in [4.69, 9.17) is 11.0 Å². The number of nitrogens with two attached hydrogens (primary N) is 1. The Balaban J connectivity index is 2.26. The van der Waals surface area contributed by atoms with E-state index < -0.39 is 21.5 Å². The van der Waals surface area contributed by atoms with Crippen LogP contribution >= 0.6 is 0 Å². The average Bonchev–Trinajstić information content (AvgIpc) is 2.37. The van der Waals surface area contributed by atoms with Gasteiger partial charge in [0.2, 0.25) is 10.0 Å². The van der Waals surface area contributed by atoms with Crippen LogP contribution < -0.4 is 10.5 Å². The summed E-state index contributed by atoms with van der Waals surface area (Å²) < 4.78 is 27.1. The molecule has 0 bridgehead atoms. The molecule has 6 nitrogen and oxygen atoms in total. The number of rotatable bonds is 3. The van der Waals surface area contributed by atoms with Gasteiger partial charge in [-0.1, -0.05) is 13.8 Å². The highest BCUT2D eigenvalue weighted by molar-refractivity contribution is 7.89. The number of sulfonamides is 1. The minimum Gasteiger partial charge on any atom is -0.398 e. The summed E-state index contributed by atoms with van der Waals surface area (Å²) in [7, 11) is -3.77. The van der Waals surface area contributed by atoms with Crippen molar-refractivity contribution in [3.63, 3.8) is 0 Å². The molecule has 20 heavy (non-hydrogen) atoms. The van der Waals surface area contributed by atoms with Gasteiger partial charge in [0.05, 0.1) is 23.4 Å². The number of nitriles is 1. The van der Waals surface area contributed by atoms with Crippen LogP contribution in [-0.2, 0) is 10.0 Å². The van der Waals surface area contributed by atoms with Crippen LogP contribution in [-0.4, -0.2) is 25.7 Å². The first-order valence-corrected chi connectivity index (χ1v) is 7.67. The normalized spacial score (nSPS) is 24.7. The first kappa shape index (κ1) is 14.8. The minimum absolute atomic E-state index is 0.0363. The maximum Gasteiger partial charge on any atom is 0.242 e. The third kappa shape index (κ3) is 2.38. The summed E-state index contributed by atoms with van der Waals surface area (Å²) in [5, 5.41) is 18.4. The summed E-state index contributed by atoms with van der Waals surface area (Å²) in [5.41, 5.74) is 5.53. The van der Waals surface area contributed by atoms with Crippen molar-refractivity contribution in [2.24, 2.45) is 5.41 Å². The lowest BCUT2D eigenvalue weighted by atomic mass is 9.65. The lowest BCUT2D eigenvalue weighted by Crippen LogP contribution is -2.61. The molecule has 0 saturated heterocycles. The topological polar surface area (TPSA) is 116 Å². The Labute approximate surface area is 118 Å². The van der Waals surface area contributed by atoms with Gasteiger partial charge < -0.3 is 10.8 Å². The molecule has 2 rings (SSSR count). The van der Waals surface area contributed by atoms with E-state index in [1.54, 1.807) is 13.8 Å². The van der Waals surface area contributed by atoms with E-state index in [0.29, 0.717) is 12.0 Å². The van der Waals surface area contributed by atoms with Crippen molar-refractivity contribution in [1.29, 1.82) is 5.26 Å². The van der Waals surface area contributed by atoms with E-state index in [1.165, 1.54) is 18.2 Å². The van der Waals surface area contributed by atoms with Crippen LogP contribution in [0.2, 0.25) is 0 Å². The zero-order chi connectivity index (χ0) is 15.1. The smallest absolute Gasteiger partial charge is 0.242 e. The Morgan fingerprint density at radius 1 is 1.50 bits per heavy atom. The van der Waals surface area contributed by atoms with E-state index in [0.717, 1.165) is 0 Å². The summed E-state index contributed by atoms with van der Waals surface area (Å²) in [5.74, 6) is 0. The maximum absolute atomic E-state index is 12.3. The predicted octanol–water partition coefficient (Wildman–Crippen LogP) is 0.578. The summed E-state index contributed by atoms with van der Waals surface area (Å²) in [6.45, 7) is 3.60. The molecular formula is C13H17N3O3S. The van der Waals surface area contributed by atoms with Crippen LogP contribution in [0.4, 0.5) is 5.69 Å². The van der Waals surface area contributed by atoms with Crippen LogP contribution in [0.5, 0.6) is 0 Å². The van der Waals surface area contributed by atoms with E-state index in [-0.39, 0.29) is 16.6 Å². The van der Waals surface area contributed by atoms with E-state index >= 15 is 0 Å². The third-order valence-corrected chi connectivity index (χ3v) is 5.49. The Kier molecular flexibility index (Phi) is 3.50. The second-order valence-electron chi connectivity index (χ2n) is 5.61. The zero-order valence-electron chi connectivity index (χ0n) is 11.3. The molecule has 0 heterocycles. The highest BCUT2D eigenvalue weighted by atomic mass is 32.2. The molecule has 2 atom stereocenters. The molecular weight excluding hydrogens is 278 g/mol. The second-order valence-corrected chi connectivity index (χ2v) is 7.29. The lowest BCUT2D eigenvalue weighted by molar-refractivity contribution is -0.0645. The van der Waals surface area contributed by atoms with Crippen LogP contribution in [0.25, 0.3) is 0 Å². The number of aliphatic hydroxyl groups is 1. The molecule has 1 aliphatic rings. The third-order valence-electron chi connectivity index (χ3n) is 3.94.